The van der Waals surface area contributed by atoms with Crippen LogP contribution in [0.25, 0.3) is 0 Å². The Labute approximate surface area is 95.3 Å². The third kappa shape index (κ3) is 2.32. The molecule has 0 saturated heterocycles. The predicted octanol–water partition coefficient (Wildman–Crippen LogP) is 2.80. The van der Waals surface area contributed by atoms with Crippen LogP contribution < -0.4 is 0 Å². The van der Waals surface area contributed by atoms with Crippen LogP contribution in [0.4, 0.5) is 0 Å². The van der Waals surface area contributed by atoms with Crippen molar-refractivity contribution in [1.29, 1.82) is 0 Å². The van der Waals surface area contributed by atoms with E-state index in [4.69, 9.17) is 4.42 Å². The lowest BCUT2D eigenvalue weighted by Crippen LogP contribution is -2.04. The van der Waals surface area contributed by atoms with E-state index in [0.717, 1.165) is 18.0 Å². The Balaban J connectivity index is 2.03. The molecule has 1 atom stereocenters. The number of rotatable bonds is 4. The molecule has 2 rings (SSSR count). The van der Waals surface area contributed by atoms with Gasteiger partial charge in [-0.1, -0.05) is 6.92 Å². The first-order valence-corrected chi connectivity index (χ1v) is 5.60. The zero-order valence-electron chi connectivity index (χ0n) is 9.92. The lowest BCUT2D eigenvalue weighted by molar-refractivity contribution is 0.452. The van der Waals surface area contributed by atoms with Crippen LogP contribution in [0.3, 0.4) is 0 Å². The van der Waals surface area contributed by atoms with Gasteiger partial charge in [0.15, 0.2) is 5.89 Å². The van der Waals surface area contributed by atoms with Crippen molar-refractivity contribution in [1.82, 2.24) is 14.8 Å². The van der Waals surface area contributed by atoms with E-state index >= 15 is 0 Å². The fourth-order valence-corrected chi connectivity index (χ4v) is 1.65. The molecule has 0 spiro atoms. The average molecular weight is 219 g/mol. The maximum Gasteiger partial charge on any atom is 0.197 e. The molecule has 0 fully saturated rings. The summed E-state index contributed by atoms with van der Waals surface area (Å²) in [6, 6.07) is 2.46. The Bertz CT molecular complexity index is 431. The Morgan fingerprint density at radius 2 is 2.19 bits per heavy atom. The first-order chi connectivity index (χ1) is 7.66. The minimum absolute atomic E-state index is 0.269. The van der Waals surface area contributed by atoms with Crippen LogP contribution in [0, 0.1) is 0 Å². The molecule has 0 aliphatic heterocycles. The van der Waals surface area contributed by atoms with Gasteiger partial charge in [0.2, 0.25) is 0 Å². The summed E-state index contributed by atoms with van der Waals surface area (Å²) in [6.45, 7) is 6.34. The van der Waals surface area contributed by atoms with Gasteiger partial charge in [-0.05, 0) is 19.9 Å². The molecular weight excluding hydrogens is 202 g/mol. The van der Waals surface area contributed by atoms with Crippen LogP contribution >= 0.6 is 0 Å². The molecule has 0 aromatic carbocycles. The lowest BCUT2D eigenvalue weighted by Gasteiger charge is -2.06. The molecule has 0 bridgehead atoms. The van der Waals surface area contributed by atoms with Crippen molar-refractivity contribution in [3.05, 3.63) is 36.3 Å². The van der Waals surface area contributed by atoms with Gasteiger partial charge in [0, 0.05) is 24.6 Å². The van der Waals surface area contributed by atoms with Crippen LogP contribution in [-0.4, -0.2) is 14.8 Å². The van der Waals surface area contributed by atoms with Crippen molar-refractivity contribution in [3.8, 4) is 0 Å². The third-order valence-corrected chi connectivity index (χ3v) is 2.58. The van der Waals surface area contributed by atoms with E-state index in [-0.39, 0.29) is 5.92 Å². The summed E-state index contributed by atoms with van der Waals surface area (Å²) in [5.41, 5.74) is 1.08. The highest BCUT2D eigenvalue weighted by atomic mass is 16.3. The summed E-state index contributed by atoms with van der Waals surface area (Å²) in [7, 11) is 0. The first kappa shape index (κ1) is 10.9. The van der Waals surface area contributed by atoms with Crippen LogP contribution in [0.15, 0.2) is 29.1 Å². The van der Waals surface area contributed by atoms with Gasteiger partial charge in [-0.3, -0.25) is 4.68 Å². The zero-order valence-corrected chi connectivity index (χ0v) is 9.92. The highest BCUT2D eigenvalue weighted by molar-refractivity contribution is 5.05. The number of oxazole rings is 1. The number of hydrogen-bond acceptors (Lipinski definition) is 3. The van der Waals surface area contributed by atoms with E-state index < -0.39 is 0 Å². The van der Waals surface area contributed by atoms with Crippen LogP contribution in [-0.2, 0) is 6.42 Å². The molecule has 1 unspecified atom stereocenters. The largest absolute Gasteiger partial charge is 0.449 e. The second kappa shape index (κ2) is 4.51. The van der Waals surface area contributed by atoms with E-state index in [1.54, 1.807) is 12.5 Å². The molecule has 4 nitrogen and oxygen atoms in total. The van der Waals surface area contributed by atoms with Gasteiger partial charge in [0.05, 0.1) is 11.9 Å². The molecule has 0 aliphatic carbocycles. The SMILES string of the molecule is CC(Cc1ccn(C(C)C)n1)c1ncco1. The van der Waals surface area contributed by atoms with Gasteiger partial charge in [-0.15, -0.1) is 0 Å². The fraction of sp³-hybridized carbons (Fsp3) is 0.500. The van der Waals surface area contributed by atoms with Crippen molar-refractivity contribution in [2.45, 2.75) is 39.2 Å². The summed E-state index contributed by atoms with van der Waals surface area (Å²) in [5.74, 6) is 1.05. The molecule has 2 aromatic rings. The highest BCUT2D eigenvalue weighted by Gasteiger charge is 2.12. The monoisotopic (exact) mass is 219 g/mol. The molecular formula is C12H17N3O. The summed E-state index contributed by atoms with van der Waals surface area (Å²) in [6.07, 6.45) is 6.17. The van der Waals surface area contributed by atoms with Gasteiger partial charge in [0.1, 0.15) is 6.26 Å². The van der Waals surface area contributed by atoms with E-state index in [1.165, 1.54) is 0 Å². The molecule has 86 valence electrons. The second-order valence-corrected chi connectivity index (χ2v) is 4.36. The Morgan fingerprint density at radius 1 is 1.38 bits per heavy atom. The van der Waals surface area contributed by atoms with Gasteiger partial charge in [0.25, 0.3) is 0 Å². The maximum atomic E-state index is 5.28. The van der Waals surface area contributed by atoms with Crippen molar-refractivity contribution in [2.75, 3.05) is 0 Å². The Kier molecular flexibility index (Phi) is 3.08. The number of nitrogens with zero attached hydrogens (tertiary/aromatic N) is 3. The summed E-state index contributed by atoms with van der Waals surface area (Å²) in [5, 5.41) is 4.51. The normalized spacial score (nSPS) is 13.2. The summed E-state index contributed by atoms with van der Waals surface area (Å²) < 4.78 is 7.25. The average Bonchev–Trinajstić information content (AvgIpc) is 2.87. The molecule has 0 aliphatic rings. The second-order valence-electron chi connectivity index (χ2n) is 4.36. The summed E-state index contributed by atoms with van der Waals surface area (Å²) >= 11 is 0. The molecule has 0 saturated carbocycles. The number of hydrogen-bond donors (Lipinski definition) is 0. The summed E-state index contributed by atoms with van der Waals surface area (Å²) in [4.78, 5) is 4.15. The van der Waals surface area contributed by atoms with Crippen molar-refractivity contribution in [3.63, 3.8) is 0 Å². The predicted molar refractivity (Wildman–Crippen MR) is 61.2 cm³/mol. The van der Waals surface area contributed by atoms with Crippen molar-refractivity contribution >= 4 is 0 Å². The standard InChI is InChI=1S/C12H17N3O/c1-9(2)15-6-4-11(14-15)8-10(3)12-13-5-7-16-12/h4-7,9-10H,8H2,1-3H3. The Hall–Kier alpha value is -1.58. The maximum absolute atomic E-state index is 5.28. The van der Waals surface area contributed by atoms with E-state index in [1.807, 2.05) is 10.9 Å². The molecule has 2 heterocycles. The fourth-order valence-electron chi connectivity index (χ4n) is 1.65. The van der Waals surface area contributed by atoms with Crippen molar-refractivity contribution < 1.29 is 4.42 Å². The third-order valence-electron chi connectivity index (χ3n) is 2.58. The molecule has 0 amide bonds. The van der Waals surface area contributed by atoms with E-state index in [9.17, 15) is 0 Å². The Morgan fingerprint density at radius 3 is 2.75 bits per heavy atom. The minimum atomic E-state index is 0.269. The van der Waals surface area contributed by atoms with Gasteiger partial charge in [-0.2, -0.15) is 5.10 Å². The van der Waals surface area contributed by atoms with Gasteiger partial charge < -0.3 is 4.42 Å². The molecule has 0 radical (unpaired) electrons. The molecule has 0 N–H and O–H groups in total. The topological polar surface area (TPSA) is 43.9 Å². The first-order valence-electron chi connectivity index (χ1n) is 5.60. The van der Waals surface area contributed by atoms with Crippen molar-refractivity contribution in [2.24, 2.45) is 0 Å². The lowest BCUT2D eigenvalue weighted by atomic mass is 10.1. The molecule has 16 heavy (non-hydrogen) atoms. The highest BCUT2D eigenvalue weighted by Crippen LogP contribution is 2.18. The van der Waals surface area contributed by atoms with Crippen LogP contribution in [0.1, 0.15) is 44.3 Å². The minimum Gasteiger partial charge on any atom is -0.449 e. The van der Waals surface area contributed by atoms with Gasteiger partial charge in [-0.25, -0.2) is 4.98 Å². The van der Waals surface area contributed by atoms with E-state index in [2.05, 4.69) is 36.9 Å². The molecule has 4 heteroatoms. The zero-order chi connectivity index (χ0) is 11.5. The quantitative estimate of drug-likeness (QED) is 0.794. The number of aromatic nitrogens is 3. The van der Waals surface area contributed by atoms with E-state index in [0.29, 0.717) is 6.04 Å². The van der Waals surface area contributed by atoms with Gasteiger partial charge >= 0.3 is 0 Å². The molecule has 2 aromatic heterocycles. The smallest absolute Gasteiger partial charge is 0.197 e. The van der Waals surface area contributed by atoms with Crippen LogP contribution in [0.2, 0.25) is 0 Å². The van der Waals surface area contributed by atoms with Crippen LogP contribution in [0.5, 0.6) is 0 Å².